The van der Waals surface area contributed by atoms with Gasteiger partial charge in [0.25, 0.3) is 0 Å². The van der Waals surface area contributed by atoms with Crippen LogP contribution in [-0.2, 0) is 38.5 Å². The molecule has 2 fully saturated rings. The van der Waals surface area contributed by atoms with Crippen LogP contribution in [0.2, 0.25) is 0 Å². The first-order chi connectivity index (χ1) is 22.3. The maximum absolute atomic E-state index is 4.92. The number of hydrogen-bond donors (Lipinski definition) is 0. The Morgan fingerprint density at radius 3 is 2.04 bits per heavy atom. The normalized spacial score (nSPS) is 17.8. The monoisotopic (exact) mass is 602 g/mol. The van der Waals surface area contributed by atoms with Gasteiger partial charge in [-0.1, -0.05) is 61.0 Å². The van der Waals surface area contributed by atoms with Gasteiger partial charge in [-0.05, 0) is 112 Å². The van der Waals surface area contributed by atoms with E-state index in [0.29, 0.717) is 5.92 Å². The van der Waals surface area contributed by atoms with Crippen LogP contribution in [0.3, 0.4) is 0 Å². The molecule has 45 heavy (non-hydrogen) atoms. The van der Waals surface area contributed by atoms with Gasteiger partial charge in [0.1, 0.15) is 11.6 Å². The summed E-state index contributed by atoms with van der Waals surface area (Å²) in [6.07, 6.45) is 17.5. The Hall–Kier alpha value is -3.48. The van der Waals surface area contributed by atoms with Crippen LogP contribution in [-0.4, -0.2) is 69.0 Å². The number of aryl methyl sites for hydroxylation is 4. The van der Waals surface area contributed by atoms with Crippen LogP contribution in [0.1, 0.15) is 84.2 Å². The highest BCUT2D eigenvalue weighted by molar-refractivity contribution is 5.28. The van der Waals surface area contributed by atoms with E-state index in [-0.39, 0.29) is 0 Å². The Bertz CT molecular complexity index is 1450. The first kappa shape index (κ1) is 31.5. The summed E-state index contributed by atoms with van der Waals surface area (Å²) in [7, 11) is 0. The predicted molar refractivity (Wildman–Crippen MR) is 182 cm³/mol. The second kappa shape index (κ2) is 16.7. The molecule has 6 rings (SSSR count). The Balaban J connectivity index is 0.960. The summed E-state index contributed by atoms with van der Waals surface area (Å²) < 4.78 is 0. The summed E-state index contributed by atoms with van der Waals surface area (Å²) in [4.78, 5) is 24.2. The van der Waals surface area contributed by atoms with Crippen LogP contribution in [0, 0.1) is 0 Å². The average molecular weight is 603 g/mol. The minimum Gasteiger partial charge on any atom is -0.303 e. The molecule has 6 heteroatoms. The molecule has 6 nitrogen and oxygen atoms in total. The molecule has 0 radical (unpaired) electrons. The molecule has 0 saturated carbocycles. The number of piperidine rings is 2. The van der Waals surface area contributed by atoms with E-state index in [1.54, 1.807) is 0 Å². The number of likely N-dealkylation sites (tertiary alicyclic amines) is 2. The fourth-order valence-corrected chi connectivity index (χ4v) is 7.03. The molecule has 2 aliphatic rings. The lowest BCUT2D eigenvalue weighted by Crippen LogP contribution is -2.36. The minimum absolute atomic E-state index is 0.587. The summed E-state index contributed by atoms with van der Waals surface area (Å²) in [6, 6.07) is 24.2. The van der Waals surface area contributed by atoms with Gasteiger partial charge >= 0.3 is 0 Å². The molecule has 4 aromatic rings. The Morgan fingerprint density at radius 1 is 0.578 bits per heavy atom. The summed E-state index contributed by atoms with van der Waals surface area (Å²) >= 11 is 0. The third-order valence-electron chi connectivity index (χ3n) is 9.62. The van der Waals surface area contributed by atoms with E-state index >= 15 is 0 Å². The van der Waals surface area contributed by atoms with E-state index in [2.05, 4.69) is 86.5 Å². The van der Waals surface area contributed by atoms with E-state index in [9.17, 15) is 0 Å². The van der Waals surface area contributed by atoms with Gasteiger partial charge in [-0.3, -0.25) is 0 Å². The van der Waals surface area contributed by atoms with Crippen molar-refractivity contribution in [3.63, 3.8) is 0 Å². The van der Waals surface area contributed by atoms with Crippen molar-refractivity contribution < 1.29 is 0 Å². The highest BCUT2D eigenvalue weighted by Crippen LogP contribution is 2.28. The molecule has 2 aliphatic heterocycles. The third-order valence-corrected chi connectivity index (χ3v) is 9.62. The second-order valence-corrected chi connectivity index (χ2v) is 13.1. The second-order valence-electron chi connectivity index (χ2n) is 13.1. The smallest absolute Gasteiger partial charge is 0.129 e. The molecule has 1 atom stereocenters. The maximum Gasteiger partial charge on any atom is 0.129 e. The van der Waals surface area contributed by atoms with Gasteiger partial charge in [-0.2, -0.15) is 0 Å². The molecule has 0 amide bonds. The fourth-order valence-electron chi connectivity index (χ4n) is 7.03. The summed E-state index contributed by atoms with van der Waals surface area (Å²) in [6.45, 7) is 6.85. The van der Waals surface area contributed by atoms with Crippen LogP contribution in [0.25, 0.3) is 0 Å². The zero-order chi connectivity index (χ0) is 30.5. The van der Waals surface area contributed by atoms with Gasteiger partial charge in [0.05, 0.1) is 0 Å². The molecule has 0 aliphatic carbocycles. The molecular weight excluding hydrogens is 552 g/mol. The van der Waals surface area contributed by atoms with Crippen LogP contribution < -0.4 is 0 Å². The van der Waals surface area contributed by atoms with Gasteiger partial charge in [0, 0.05) is 56.3 Å². The summed E-state index contributed by atoms with van der Waals surface area (Å²) in [5.41, 5.74) is 6.62. The Kier molecular flexibility index (Phi) is 11.7. The predicted octanol–water partition coefficient (Wildman–Crippen LogP) is 6.68. The number of nitrogens with zero attached hydrogens (tertiary/aromatic N) is 6. The number of benzene rings is 2. The average Bonchev–Trinajstić information content (AvgIpc) is 3.10. The van der Waals surface area contributed by atoms with Crippen LogP contribution in [0.4, 0.5) is 0 Å². The summed E-state index contributed by atoms with van der Waals surface area (Å²) in [5, 5.41) is 0. The Labute approximate surface area is 270 Å². The van der Waals surface area contributed by atoms with Crippen molar-refractivity contribution in [2.24, 2.45) is 0 Å². The SMILES string of the molecule is c1ccc(CCCc2ccnc(CCN3CCCC(c4cccc(CCc5ccnc(CCN6CCCCC6)n5)c4)C3)n2)cc1. The third kappa shape index (κ3) is 10.0. The molecular formula is C39H50N6. The quantitative estimate of drug-likeness (QED) is 0.161. The Morgan fingerprint density at radius 2 is 1.27 bits per heavy atom. The lowest BCUT2D eigenvalue weighted by Gasteiger charge is -2.33. The standard InChI is InChI=1S/C39H50N6/c1-3-10-32(11-4-1)12-8-16-36-19-23-40-39(42-36)22-29-45-27-9-15-35(31-45)34-14-7-13-33(30-34)17-18-37-20-24-41-38(43-37)21-28-44-25-5-2-6-26-44/h1,3-4,7,10-11,13-14,19-20,23-24,30,35H,2,5-6,8-9,12,15-18,21-22,25-29,31H2. The zero-order valence-corrected chi connectivity index (χ0v) is 27.0. The zero-order valence-electron chi connectivity index (χ0n) is 27.0. The van der Waals surface area contributed by atoms with Crippen LogP contribution in [0.15, 0.2) is 79.1 Å². The van der Waals surface area contributed by atoms with E-state index in [0.717, 1.165) is 81.9 Å². The van der Waals surface area contributed by atoms with Crippen molar-refractivity contribution in [2.45, 2.75) is 83.0 Å². The molecule has 0 bridgehead atoms. The van der Waals surface area contributed by atoms with Gasteiger partial charge in [0.15, 0.2) is 0 Å². The van der Waals surface area contributed by atoms with Crippen molar-refractivity contribution >= 4 is 0 Å². The molecule has 0 spiro atoms. The van der Waals surface area contributed by atoms with Gasteiger partial charge in [0.2, 0.25) is 0 Å². The first-order valence-electron chi connectivity index (χ1n) is 17.5. The van der Waals surface area contributed by atoms with Crippen molar-refractivity contribution in [3.05, 3.63) is 119 Å². The molecule has 2 saturated heterocycles. The minimum atomic E-state index is 0.587. The van der Waals surface area contributed by atoms with Gasteiger partial charge in [-0.15, -0.1) is 0 Å². The lowest BCUT2D eigenvalue weighted by atomic mass is 9.89. The lowest BCUT2D eigenvalue weighted by molar-refractivity contribution is 0.209. The van der Waals surface area contributed by atoms with Gasteiger partial charge in [-0.25, -0.2) is 19.9 Å². The molecule has 236 valence electrons. The number of hydrogen-bond acceptors (Lipinski definition) is 6. The van der Waals surface area contributed by atoms with E-state index in [1.807, 2.05) is 12.4 Å². The number of aromatic nitrogens is 4. The summed E-state index contributed by atoms with van der Waals surface area (Å²) in [5.74, 6) is 2.56. The molecule has 2 aromatic carbocycles. The van der Waals surface area contributed by atoms with Crippen LogP contribution >= 0.6 is 0 Å². The van der Waals surface area contributed by atoms with E-state index < -0.39 is 0 Å². The largest absolute Gasteiger partial charge is 0.303 e. The number of rotatable bonds is 14. The molecule has 1 unspecified atom stereocenters. The topological polar surface area (TPSA) is 58.0 Å². The van der Waals surface area contributed by atoms with E-state index in [1.165, 1.54) is 74.1 Å². The maximum atomic E-state index is 4.92. The van der Waals surface area contributed by atoms with Crippen molar-refractivity contribution in [3.8, 4) is 0 Å². The highest BCUT2D eigenvalue weighted by Gasteiger charge is 2.22. The van der Waals surface area contributed by atoms with Crippen molar-refractivity contribution in [2.75, 3.05) is 39.3 Å². The van der Waals surface area contributed by atoms with E-state index in [4.69, 9.17) is 9.97 Å². The molecule has 4 heterocycles. The fraction of sp³-hybridized carbons (Fsp3) is 0.487. The molecule has 0 N–H and O–H groups in total. The van der Waals surface area contributed by atoms with Gasteiger partial charge < -0.3 is 9.80 Å². The van der Waals surface area contributed by atoms with Crippen molar-refractivity contribution in [1.82, 2.24) is 29.7 Å². The molecule has 2 aromatic heterocycles. The van der Waals surface area contributed by atoms with Crippen molar-refractivity contribution in [1.29, 1.82) is 0 Å². The first-order valence-corrected chi connectivity index (χ1v) is 17.5. The van der Waals surface area contributed by atoms with Crippen LogP contribution in [0.5, 0.6) is 0 Å². The highest BCUT2D eigenvalue weighted by atomic mass is 15.1.